The van der Waals surface area contributed by atoms with Gasteiger partial charge < -0.3 is 4.90 Å². The van der Waals surface area contributed by atoms with Gasteiger partial charge >= 0.3 is 0 Å². The zero-order valence-electron chi connectivity index (χ0n) is 9.84. The van der Waals surface area contributed by atoms with E-state index in [1.54, 1.807) is 0 Å². The first-order chi connectivity index (χ1) is 7.22. The molecule has 0 amide bonds. The number of nitrogens with zero attached hydrogens (tertiary/aromatic N) is 2. The molecule has 2 unspecified atom stereocenters. The van der Waals surface area contributed by atoms with Crippen LogP contribution in [0.3, 0.4) is 0 Å². The first kappa shape index (κ1) is 9.00. The Bertz CT molecular complexity index is 289. The monoisotopic (exact) mass is 206 g/mol. The molecule has 2 heteroatoms. The Morgan fingerprint density at radius 1 is 1.00 bits per heavy atom. The summed E-state index contributed by atoms with van der Waals surface area (Å²) in [4.78, 5) is 5.36. The molecule has 0 radical (unpaired) electrons. The van der Waals surface area contributed by atoms with Gasteiger partial charge in [-0.1, -0.05) is 0 Å². The van der Waals surface area contributed by atoms with Gasteiger partial charge in [-0.05, 0) is 56.5 Å². The van der Waals surface area contributed by atoms with E-state index in [0.717, 1.165) is 16.9 Å². The number of hydrogen-bond donors (Lipinski definition) is 0. The molecule has 4 rings (SSSR count). The summed E-state index contributed by atoms with van der Waals surface area (Å²) >= 11 is 0. The maximum atomic E-state index is 2.82. The molecule has 2 heterocycles. The molecular formula is C13H22N2. The molecule has 0 aromatic heterocycles. The van der Waals surface area contributed by atoms with Gasteiger partial charge in [0.25, 0.3) is 0 Å². The molecule has 2 atom stereocenters. The SMILES string of the molecule is CN1CCC2(CCC2N2CC3(CC3)C2)C1. The first-order valence-corrected chi connectivity index (χ1v) is 6.64. The van der Waals surface area contributed by atoms with Crippen LogP contribution in [0.15, 0.2) is 0 Å². The molecule has 4 fully saturated rings. The smallest absolute Gasteiger partial charge is 0.0165 e. The van der Waals surface area contributed by atoms with Gasteiger partial charge in [-0.3, -0.25) is 4.90 Å². The van der Waals surface area contributed by atoms with E-state index >= 15 is 0 Å². The lowest BCUT2D eigenvalue weighted by Gasteiger charge is -2.58. The highest BCUT2D eigenvalue weighted by molar-refractivity contribution is 5.13. The Labute approximate surface area is 92.6 Å². The van der Waals surface area contributed by atoms with Gasteiger partial charge in [-0.15, -0.1) is 0 Å². The first-order valence-electron chi connectivity index (χ1n) is 6.64. The second-order valence-corrected chi connectivity index (χ2v) is 6.81. The molecule has 84 valence electrons. The zero-order chi connectivity index (χ0) is 10.1. The standard InChI is InChI=1S/C13H22N2/c1-14-7-6-13(10-14)3-2-11(13)15-8-12(9-15)4-5-12/h11H,2-10H2,1H3. The van der Waals surface area contributed by atoms with Crippen LogP contribution in [0.5, 0.6) is 0 Å². The third-order valence-corrected chi connectivity index (χ3v) is 5.67. The summed E-state index contributed by atoms with van der Waals surface area (Å²) < 4.78 is 0. The average molecular weight is 206 g/mol. The van der Waals surface area contributed by atoms with Crippen molar-refractivity contribution in [1.29, 1.82) is 0 Å². The van der Waals surface area contributed by atoms with E-state index in [4.69, 9.17) is 0 Å². The molecular weight excluding hydrogens is 184 g/mol. The van der Waals surface area contributed by atoms with Gasteiger partial charge in [-0.2, -0.15) is 0 Å². The molecule has 0 bridgehead atoms. The van der Waals surface area contributed by atoms with Crippen LogP contribution in [0.4, 0.5) is 0 Å². The predicted octanol–water partition coefficient (Wildman–Crippen LogP) is 1.57. The molecule has 2 nitrogen and oxygen atoms in total. The molecule has 2 aliphatic heterocycles. The van der Waals surface area contributed by atoms with Crippen molar-refractivity contribution in [2.45, 2.75) is 38.1 Å². The minimum atomic E-state index is 0.727. The number of likely N-dealkylation sites (tertiary alicyclic amines) is 2. The zero-order valence-corrected chi connectivity index (χ0v) is 9.84. The molecule has 15 heavy (non-hydrogen) atoms. The summed E-state index contributed by atoms with van der Waals surface area (Å²) in [7, 11) is 2.29. The minimum absolute atomic E-state index is 0.727. The Balaban J connectivity index is 1.45. The minimum Gasteiger partial charge on any atom is -0.306 e. The van der Waals surface area contributed by atoms with E-state index in [-0.39, 0.29) is 0 Å². The van der Waals surface area contributed by atoms with Crippen molar-refractivity contribution in [3.05, 3.63) is 0 Å². The fourth-order valence-corrected chi connectivity index (χ4v) is 4.37. The average Bonchev–Trinajstić information content (AvgIpc) is 2.81. The Morgan fingerprint density at radius 3 is 2.27 bits per heavy atom. The normalized spacial score (nSPS) is 48.2. The van der Waals surface area contributed by atoms with E-state index in [0.29, 0.717) is 0 Å². The molecule has 2 spiro atoms. The summed E-state index contributed by atoms with van der Waals surface area (Å²) in [6, 6.07) is 0.966. The quantitative estimate of drug-likeness (QED) is 0.642. The van der Waals surface area contributed by atoms with Crippen LogP contribution >= 0.6 is 0 Å². The fourth-order valence-electron chi connectivity index (χ4n) is 4.37. The third kappa shape index (κ3) is 1.13. The van der Waals surface area contributed by atoms with Gasteiger partial charge in [-0.25, -0.2) is 0 Å². The molecule has 4 aliphatic rings. The summed E-state index contributed by atoms with van der Waals surface area (Å²) in [5.74, 6) is 0. The van der Waals surface area contributed by atoms with Crippen LogP contribution in [-0.4, -0.2) is 49.1 Å². The lowest BCUT2D eigenvalue weighted by Crippen LogP contribution is -2.64. The molecule has 2 saturated heterocycles. The lowest BCUT2D eigenvalue weighted by atomic mass is 9.62. The van der Waals surface area contributed by atoms with Crippen LogP contribution in [0.1, 0.15) is 32.1 Å². The van der Waals surface area contributed by atoms with Crippen molar-refractivity contribution in [3.8, 4) is 0 Å². The molecule has 0 aromatic rings. The van der Waals surface area contributed by atoms with Crippen LogP contribution in [0.25, 0.3) is 0 Å². The van der Waals surface area contributed by atoms with E-state index in [1.807, 2.05) is 0 Å². The highest BCUT2D eigenvalue weighted by Crippen LogP contribution is 2.59. The predicted molar refractivity (Wildman–Crippen MR) is 60.8 cm³/mol. The summed E-state index contributed by atoms with van der Waals surface area (Å²) in [5.41, 5.74) is 1.58. The molecule has 0 aromatic carbocycles. The number of rotatable bonds is 1. The maximum Gasteiger partial charge on any atom is 0.0165 e. The third-order valence-electron chi connectivity index (χ3n) is 5.67. The van der Waals surface area contributed by atoms with E-state index in [2.05, 4.69) is 16.8 Å². The number of hydrogen-bond acceptors (Lipinski definition) is 2. The highest BCUT2D eigenvalue weighted by atomic mass is 15.3. The molecule has 0 N–H and O–H groups in total. The van der Waals surface area contributed by atoms with Gasteiger partial charge in [0.15, 0.2) is 0 Å². The summed E-state index contributed by atoms with van der Waals surface area (Å²) in [6.07, 6.45) is 7.53. The van der Waals surface area contributed by atoms with Gasteiger partial charge in [0, 0.05) is 25.7 Å². The van der Waals surface area contributed by atoms with Crippen LogP contribution in [0.2, 0.25) is 0 Å². The topological polar surface area (TPSA) is 6.48 Å². The van der Waals surface area contributed by atoms with Gasteiger partial charge in [0.1, 0.15) is 0 Å². The molecule has 2 aliphatic carbocycles. The van der Waals surface area contributed by atoms with Crippen molar-refractivity contribution < 1.29 is 0 Å². The van der Waals surface area contributed by atoms with E-state index in [9.17, 15) is 0 Å². The Morgan fingerprint density at radius 2 is 1.80 bits per heavy atom. The summed E-state index contributed by atoms with van der Waals surface area (Å²) in [6.45, 7) is 5.61. The second kappa shape index (κ2) is 2.60. The largest absolute Gasteiger partial charge is 0.306 e. The second-order valence-electron chi connectivity index (χ2n) is 6.81. The Kier molecular flexibility index (Phi) is 1.56. The van der Waals surface area contributed by atoms with Crippen molar-refractivity contribution in [2.75, 3.05) is 33.2 Å². The van der Waals surface area contributed by atoms with Crippen molar-refractivity contribution >= 4 is 0 Å². The fraction of sp³-hybridized carbons (Fsp3) is 1.00. The molecule has 2 saturated carbocycles. The lowest BCUT2D eigenvalue weighted by molar-refractivity contribution is -0.0813. The van der Waals surface area contributed by atoms with Crippen molar-refractivity contribution in [3.63, 3.8) is 0 Å². The van der Waals surface area contributed by atoms with Gasteiger partial charge in [0.05, 0.1) is 0 Å². The van der Waals surface area contributed by atoms with E-state index < -0.39 is 0 Å². The van der Waals surface area contributed by atoms with Crippen LogP contribution in [0, 0.1) is 10.8 Å². The highest BCUT2D eigenvalue weighted by Gasteiger charge is 2.60. The van der Waals surface area contributed by atoms with Gasteiger partial charge in [0.2, 0.25) is 0 Å². The van der Waals surface area contributed by atoms with E-state index in [1.165, 1.54) is 58.3 Å². The van der Waals surface area contributed by atoms with Crippen molar-refractivity contribution in [1.82, 2.24) is 9.80 Å². The maximum absolute atomic E-state index is 2.82. The van der Waals surface area contributed by atoms with Crippen molar-refractivity contribution in [2.24, 2.45) is 10.8 Å². The Hall–Kier alpha value is -0.0800. The van der Waals surface area contributed by atoms with Crippen LogP contribution in [-0.2, 0) is 0 Å². The summed E-state index contributed by atoms with van der Waals surface area (Å²) in [5, 5.41) is 0. The van der Waals surface area contributed by atoms with Crippen LogP contribution < -0.4 is 0 Å².